The van der Waals surface area contributed by atoms with E-state index in [9.17, 15) is 19.8 Å². The molecule has 1 unspecified atom stereocenters. The van der Waals surface area contributed by atoms with E-state index in [0.29, 0.717) is 58.7 Å². The molecule has 2 aliphatic heterocycles. The average Bonchev–Trinajstić information content (AvgIpc) is 3.15. The number of aryl methyl sites for hydroxylation is 1. The fraction of sp³-hybridized carbons (Fsp3) is 0.214. The van der Waals surface area contributed by atoms with Gasteiger partial charge in [-0.3, -0.25) is 14.5 Å². The van der Waals surface area contributed by atoms with Gasteiger partial charge in [-0.05, 0) is 73.5 Å². The van der Waals surface area contributed by atoms with Crippen molar-refractivity contribution in [3.05, 3.63) is 81.9 Å². The summed E-state index contributed by atoms with van der Waals surface area (Å²) in [6.07, 6.45) is 0. The predicted molar refractivity (Wildman–Crippen MR) is 138 cm³/mol. The second-order valence-electron chi connectivity index (χ2n) is 8.62. The van der Waals surface area contributed by atoms with Gasteiger partial charge in [0.1, 0.15) is 19.0 Å². The van der Waals surface area contributed by atoms with E-state index >= 15 is 0 Å². The standard InChI is InChI=1S/C28H24ClNO7/c1-3-35-22-13-16(4-8-20(22)31)25-24(26(32)17-5-9-21-23(14-17)37-11-10-36-21)27(33)28(34)30(25)19-7-6-18(29)12-15(19)2/h4-9,12-14,25,31-32H,3,10-11H2,1-2H3/b26-24+. The minimum atomic E-state index is -1.01. The van der Waals surface area contributed by atoms with Crippen LogP contribution in [0.3, 0.4) is 0 Å². The van der Waals surface area contributed by atoms with E-state index in [0.717, 1.165) is 0 Å². The smallest absolute Gasteiger partial charge is 0.300 e. The molecule has 0 spiro atoms. The zero-order valence-corrected chi connectivity index (χ0v) is 20.9. The van der Waals surface area contributed by atoms with E-state index in [1.807, 2.05) is 0 Å². The van der Waals surface area contributed by atoms with Gasteiger partial charge in [-0.1, -0.05) is 17.7 Å². The van der Waals surface area contributed by atoms with Crippen LogP contribution in [0.5, 0.6) is 23.0 Å². The summed E-state index contributed by atoms with van der Waals surface area (Å²) in [7, 11) is 0. The number of amides is 1. The lowest BCUT2D eigenvalue weighted by atomic mass is 9.94. The largest absolute Gasteiger partial charge is 0.507 e. The number of ether oxygens (including phenoxy) is 3. The molecule has 8 nitrogen and oxygen atoms in total. The molecule has 1 amide bonds. The molecule has 1 fully saturated rings. The molecule has 2 aliphatic rings. The Bertz CT molecular complexity index is 1450. The van der Waals surface area contributed by atoms with Crippen molar-refractivity contribution in [3.8, 4) is 23.0 Å². The molecule has 1 saturated heterocycles. The van der Waals surface area contributed by atoms with Gasteiger partial charge >= 0.3 is 0 Å². The number of hydrogen-bond donors (Lipinski definition) is 2. The van der Waals surface area contributed by atoms with Gasteiger partial charge in [0.05, 0.1) is 18.2 Å². The van der Waals surface area contributed by atoms with Crippen LogP contribution in [0.15, 0.2) is 60.2 Å². The Morgan fingerprint density at radius 3 is 2.54 bits per heavy atom. The van der Waals surface area contributed by atoms with Crippen molar-refractivity contribution in [1.82, 2.24) is 0 Å². The summed E-state index contributed by atoms with van der Waals surface area (Å²) in [5.41, 5.74) is 1.79. The molecule has 0 aliphatic carbocycles. The van der Waals surface area contributed by atoms with Crippen LogP contribution >= 0.6 is 11.6 Å². The Morgan fingerprint density at radius 1 is 1.05 bits per heavy atom. The third-order valence-corrected chi connectivity index (χ3v) is 6.51. The number of fused-ring (bicyclic) bond motifs is 1. The lowest BCUT2D eigenvalue weighted by molar-refractivity contribution is -0.132. The van der Waals surface area contributed by atoms with E-state index < -0.39 is 17.7 Å². The van der Waals surface area contributed by atoms with Gasteiger partial charge < -0.3 is 24.4 Å². The SMILES string of the molecule is CCOc1cc(C2/C(=C(\O)c3ccc4c(c3)OCCO4)C(=O)C(=O)N2c2ccc(Cl)cc2C)ccc1O. The first kappa shape index (κ1) is 24.5. The number of anilines is 1. The maximum Gasteiger partial charge on any atom is 0.300 e. The fourth-order valence-corrected chi connectivity index (χ4v) is 4.83. The number of aliphatic hydroxyl groups excluding tert-OH is 1. The van der Waals surface area contributed by atoms with E-state index in [-0.39, 0.29) is 22.8 Å². The molecule has 37 heavy (non-hydrogen) atoms. The number of ketones is 1. The van der Waals surface area contributed by atoms with Crippen molar-refractivity contribution < 1.29 is 34.0 Å². The lowest BCUT2D eigenvalue weighted by Crippen LogP contribution is -2.30. The second kappa shape index (κ2) is 9.71. The molecule has 0 saturated carbocycles. The number of phenols is 1. The molecule has 1 atom stereocenters. The first-order chi connectivity index (χ1) is 17.8. The van der Waals surface area contributed by atoms with E-state index in [4.69, 9.17) is 25.8 Å². The van der Waals surface area contributed by atoms with Gasteiger partial charge in [0.15, 0.2) is 23.0 Å². The number of aliphatic hydroxyl groups is 1. The Labute approximate surface area is 218 Å². The van der Waals surface area contributed by atoms with E-state index in [1.54, 1.807) is 62.4 Å². The number of nitrogens with zero attached hydrogens (tertiary/aromatic N) is 1. The van der Waals surface area contributed by atoms with Crippen molar-refractivity contribution in [2.24, 2.45) is 0 Å². The zero-order valence-electron chi connectivity index (χ0n) is 20.2. The van der Waals surface area contributed by atoms with Crippen LogP contribution in [0, 0.1) is 6.92 Å². The van der Waals surface area contributed by atoms with Crippen molar-refractivity contribution >= 4 is 34.7 Å². The van der Waals surface area contributed by atoms with Crippen LogP contribution in [-0.2, 0) is 9.59 Å². The van der Waals surface area contributed by atoms with Gasteiger partial charge in [0.25, 0.3) is 11.7 Å². The van der Waals surface area contributed by atoms with E-state index in [2.05, 4.69) is 0 Å². The number of carbonyl (C=O) groups is 2. The van der Waals surface area contributed by atoms with Crippen molar-refractivity contribution in [3.63, 3.8) is 0 Å². The van der Waals surface area contributed by atoms with Crippen LogP contribution < -0.4 is 19.1 Å². The number of halogens is 1. The molecule has 190 valence electrons. The molecule has 2 N–H and O–H groups in total. The van der Waals surface area contributed by atoms with Crippen LogP contribution in [-0.4, -0.2) is 41.7 Å². The molecule has 3 aromatic rings. The Balaban J connectivity index is 1.72. The average molecular weight is 522 g/mol. The summed E-state index contributed by atoms with van der Waals surface area (Å²) in [5, 5.41) is 22.2. The van der Waals surface area contributed by atoms with Gasteiger partial charge in [-0.15, -0.1) is 0 Å². The summed E-state index contributed by atoms with van der Waals surface area (Å²) in [4.78, 5) is 28.2. The summed E-state index contributed by atoms with van der Waals surface area (Å²) in [6, 6.07) is 13.4. The predicted octanol–water partition coefficient (Wildman–Crippen LogP) is 5.15. The fourth-order valence-electron chi connectivity index (χ4n) is 4.60. The van der Waals surface area contributed by atoms with Crippen LogP contribution in [0.1, 0.15) is 29.7 Å². The Kier molecular flexibility index (Phi) is 6.43. The highest BCUT2D eigenvalue weighted by Crippen LogP contribution is 2.45. The number of phenolic OH excluding ortho intramolecular Hbond substituents is 1. The minimum absolute atomic E-state index is 0.0861. The Morgan fingerprint density at radius 2 is 1.81 bits per heavy atom. The highest BCUT2D eigenvalue weighted by atomic mass is 35.5. The maximum atomic E-state index is 13.5. The molecule has 0 aromatic heterocycles. The topological polar surface area (TPSA) is 106 Å². The van der Waals surface area contributed by atoms with Crippen LogP contribution in [0.25, 0.3) is 5.76 Å². The molecular weight excluding hydrogens is 498 g/mol. The van der Waals surface area contributed by atoms with Gasteiger partial charge in [0, 0.05) is 16.3 Å². The van der Waals surface area contributed by atoms with E-state index in [1.165, 1.54) is 11.0 Å². The number of benzene rings is 3. The summed E-state index contributed by atoms with van der Waals surface area (Å²) >= 11 is 6.15. The van der Waals surface area contributed by atoms with Crippen LogP contribution in [0.4, 0.5) is 5.69 Å². The molecular formula is C28H24ClNO7. The molecule has 5 rings (SSSR count). The minimum Gasteiger partial charge on any atom is -0.507 e. The number of hydrogen-bond acceptors (Lipinski definition) is 7. The number of aromatic hydroxyl groups is 1. The molecule has 3 aromatic carbocycles. The number of rotatable bonds is 5. The van der Waals surface area contributed by atoms with Crippen molar-refractivity contribution in [1.29, 1.82) is 0 Å². The molecule has 2 heterocycles. The second-order valence-corrected chi connectivity index (χ2v) is 9.05. The summed E-state index contributed by atoms with van der Waals surface area (Å²) < 4.78 is 16.7. The maximum absolute atomic E-state index is 13.5. The van der Waals surface area contributed by atoms with Crippen molar-refractivity contribution in [2.75, 3.05) is 24.7 Å². The molecule has 0 radical (unpaired) electrons. The first-order valence-corrected chi connectivity index (χ1v) is 12.1. The quantitative estimate of drug-likeness (QED) is 0.272. The first-order valence-electron chi connectivity index (χ1n) is 11.7. The lowest BCUT2D eigenvalue weighted by Gasteiger charge is -2.27. The number of carbonyl (C=O) groups excluding carboxylic acids is 2. The summed E-state index contributed by atoms with van der Waals surface area (Å²) in [6.45, 7) is 4.61. The van der Waals surface area contributed by atoms with Gasteiger partial charge in [0.2, 0.25) is 0 Å². The third-order valence-electron chi connectivity index (χ3n) is 6.28. The third kappa shape index (κ3) is 4.34. The number of Topliss-reactive ketones (excluding diaryl/α,β-unsaturated/α-hetero) is 1. The molecule has 0 bridgehead atoms. The van der Waals surface area contributed by atoms with Crippen LogP contribution in [0.2, 0.25) is 5.02 Å². The Hall–Kier alpha value is -4.17. The van der Waals surface area contributed by atoms with Gasteiger partial charge in [-0.25, -0.2) is 0 Å². The normalized spacial score (nSPS) is 18.2. The summed E-state index contributed by atoms with van der Waals surface area (Å²) in [5.74, 6) is -0.956. The highest BCUT2D eigenvalue weighted by Gasteiger charge is 2.47. The monoisotopic (exact) mass is 521 g/mol. The zero-order chi connectivity index (χ0) is 26.3. The van der Waals surface area contributed by atoms with Gasteiger partial charge in [-0.2, -0.15) is 0 Å². The highest BCUT2D eigenvalue weighted by molar-refractivity contribution is 6.51. The van der Waals surface area contributed by atoms with Crippen molar-refractivity contribution in [2.45, 2.75) is 19.9 Å². The molecule has 9 heteroatoms.